The summed E-state index contributed by atoms with van der Waals surface area (Å²) >= 11 is 1.66. The second kappa shape index (κ2) is 9.94. The number of morpholine rings is 1. The van der Waals surface area contributed by atoms with Crippen LogP contribution in [0.1, 0.15) is 57.4 Å². The number of nitrogens with zero attached hydrogens (tertiary/aromatic N) is 5. The minimum absolute atomic E-state index is 0.0720. The number of aromatic amines is 1. The summed E-state index contributed by atoms with van der Waals surface area (Å²) in [5, 5.41) is 12.1. The Bertz CT molecular complexity index is 1220. The number of aromatic nitrogens is 4. The number of hydrogen-bond acceptors (Lipinski definition) is 6. The average molecular weight is 497 g/mol. The Balaban J connectivity index is 1.40. The second-order valence-electron chi connectivity index (χ2n) is 9.64. The predicted octanol–water partition coefficient (Wildman–Crippen LogP) is 3.36. The zero-order valence-corrected chi connectivity index (χ0v) is 21.4. The lowest BCUT2D eigenvalue weighted by molar-refractivity contribution is 0.0296. The summed E-state index contributed by atoms with van der Waals surface area (Å²) in [6, 6.07) is 5.90. The number of thiophene rings is 1. The van der Waals surface area contributed by atoms with Gasteiger partial charge in [-0.3, -0.25) is 19.4 Å². The van der Waals surface area contributed by atoms with E-state index in [1.165, 1.54) is 4.88 Å². The van der Waals surface area contributed by atoms with E-state index in [-0.39, 0.29) is 11.8 Å². The molecular weight excluding hydrogens is 464 g/mol. The van der Waals surface area contributed by atoms with Gasteiger partial charge in [0, 0.05) is 48.7 Å². The second-order valence-corrected chi connectivity index (χ2v) is 10.9. The van der Waals surface area contributed by atoms with Crippen molar-refractivity contribution in [3.05, 3.63) is 45.7 Å². The summed E-state index contributed by atoms with van der Waals surface area (Å²) in [6.07, 6.45) is 1.66. The van der Waals surface area contributed by atoms with Crippen LogP contribution in [-0.4, -0.2) is 74.4 Å². The Kier molecular flexibility index (Phi) is 6.75. The molecule has 2 aliphatic heterocycles. The summed E-state index contributed by atoms with van der Waals surface area (Å²) in [4.78, 5) is 32.6. The lowest BCUT2D eigenvalue weighted by atomic mass is 10.0. The van der Waals surface area contributed by atoms with Crippen LogP contribution in [-0.2, 0) is 24.2 Å². The van der Waals surface area contributed by atoms with Gasteiger partial charge in [-0.1, -0.05) is 13.8 Å². The van der Waals surface area contributed by atoms with Gasteiger partial charge in [0.2, 0.25) is 0 Å². The zero-order chi connectivity index (χ0) is 24.5. The minimum atomic E-state index is -0.133. The van der Waals surface area contributed by atoms with Crippen molar-refractivity contribution in [2.45, 2.75) is 46.7 Å². The quantitative estimate of drug-likeness (QED) is 0.565. The molecule has 3 aromatic rings. The zero-order valence-electron chi connectivity index (χ0n) is 20.5. The van der Waals surface area contributed by atoms with E-state index in [4.69, 9.17) is 9.84 Å². The average Bonchev–Trinajstić information content (AvgIpc) is 3.60. The number of hydrogen-bond donors (Lipinski definition) is 1. The highest BCUT2D eigenvalue weighted by Crippen LogP contribution is 2.29. The molecule has 2 amide bonds. The van der Waals surface area contributed by atoms with E-state index in [9.17, 15) is 9.59 Å². The lowest BCUT2D eigenvalue weighted by Gasteiger charge is -2.29. The van der Waals surface area contributed by atoms with Crippen molar-refractivity contribution in [1.82, 2.24) is 29.8 Å². The van der Waals surface area contributed by atoms with E-state index in [2.05, 4.69) is 37.0 Å². The molecule has 35 heavy (non-hydrogen) atoms. The maximum absolute atomic E-state index is 13.4. The van der Waals surface area contributed by atoms with Gasteiger partial charge in [0.15, 0.2) is 11.4 Å². The number of nitrogens with one attached hydrogen (secondary N) is 1. The molecular formula is C25H32N6O3S. The third kappa shape index (κ3) is 4.90. The molecule has 0 radical (unpaired) electrons. The van der Waals surface area contributed by atoms with Gasteiger partial charge >= 0.3 is 0 Å². The number of H-pyrrole nitrogens is 1. The van der Waals surface area contributed by atoms with E-state index in [1.54, 1.807) is 16.2 Å². The lowest BCUT2D eigenvalue weighted by Crippen LogP contribution is -2.42. The fraction of sp³-hybridized carbons (Fsp3) is 0.520. The summed E-state index contributed by atoms with van der Waals surface area (Å²) < 4.78 is 7.42. The Hall–Kier alpha value is -2.98. The molecule has 1 N–H and O–H groups in total. The van der Waals surface area contributed by atoms with Gasteiger partial charge in [0.25, 0.3) is 11.8 Å². The number of ether oxygens (including phenoxy) is 1. The highest BCUT2D eigenvalue weighted by molar-refractivity contribution is 7.15. The summed E-state index contributed by atoms with van der Waals surface area (Å²) in [5.41, 5.74) is 3.65. The van der Waals surface area contributed by atoms with E-state index in [0.29, 0.717) is 63.1 Å². The van der Waals surface area contributed by atoms with Crippen LogP contribution in [0, 0.1) is 12.8 Å². The SMILES string of the molecule is Cc1ccc(-c2cc(C(=O)N3CCc4c(c(C(=O)N5CCOCC5)nn4CCC(C)C)C3)n[nH]2)s1. The standard InChI is InChI=1S/C25H32N6O3S/c1-16(2)6-9-31-21-7-8-30(15-18(21)23(28-31)25(33)29-10-12-34-13-11-29)24(32)20-14-19(26-27-20)22-5-4-17(3)35-22/h4-5,14,16H,6-13,15H2,1-3H3,(H,26,27). The van der Waals surface area contributed by atoms with Gasteiger partial charge in [0.05, 0.1) is 30.3 Å². The van der Waals surface area contributed by atoms with Crippen molar-refractivity contribution in [1.29, 1.82) is 0 Å². The first-order valence-electron chi connectivity index (χ1n) is 12.3. The molecule has 186 valence electrons. The van der Waals surface area contributed by atoms with Crippen molar-refractivity contribution in [2.24, 2.45) is 5.92 Å². The highest BCUT2D eigenvalue weighted by atomic mass is 32.1. The van der Waals surface area contributed by atoms with Crippen molar-refractivity contribution in [3.8, 4) is 10.6 Å². The van der Waals surface area contributed by atoms with Crippen LogP contribution in [0.2, 0.25) is 0 Å². The number of fused-ring (bicyclic) bond motifs is 1. The molecule has 5 rings (SSSR count). The van der Waals surface area contributed by atoms with Crippen LogP contribution in [0.5, 0.6) is 0 Å². The van der Waals surface area contributed by atoms with Gasteiger partial charge in [0.1, 0.15) is 0 Å². The molecule has 0 spiro atoms. The number of amides is 2. The summed E-state index contributed by atoms with van der Waals surface area (Å²) in [7, 11) is 0. The maximum atomic E-state index is 13.4. The topological polar surface area (TPSA) is 96.4 Å². The largest absolute Gasteiger partial charge is 0.378 e. The molecule has 0 saturated carbocycles. The normalized spacial score (nSPS) is 16.1. The van der Waals surface area contributed by atoms with Gasteiger partial charge in [-0.05, 0) is 37.5 Å². The van der Waals surface area contributed by atoms with E-state index in [0.717, 1.165) is 34.8 Å². The van der Waals surface area contributed by atoms with E-state index < -0.39 is 0 Å². The van der Waals surface area contributed by atoms with Crippen LogP contribution >= 0.6 is 11.3 Å². The van der Waals surface area contributed by atoms with Crippen LogP contribution in [0.15, 0.2) is 18.2 Å². The van der Waals surface area contributed by atoms with Gasteiger partial charge in [-0.2, -0.15) is 10.2 Å². The number of carbonyl (C=O) groups excluding carboxylic acids is 2. The van der Waals surface area contributed by atoms with Gasteiger partial charge in [-0.25, -0.2) is 0 Å². The fourth-order valence-electron chi connectivity index (χ4n) is 4.62. The van der Waals surface area contributed by atoms with Crippen molar-refractivity contribution in [2.75, 3.05) is 32.8 Å². The molecule has 1 saturated heterocycles. The first kappa shape index (κ1) is 23.7. The first-order chi connectivity index (χ1) is 16.9. The van der Waals surface area contributed by atoms with Gasteiger partial charge in [-0.15, -0.1) is 11.3 Å². The monoisotopic (exact) mass is 496 g/mol. The Labute approximate surface area is 209 Å². The Morgan fingerprint density at radius 2 is 1.94 bits per heavy atom. The third-order valence-electron chi connectivity index (χ3n) is 6.64. The highest BCUT2D eigenvalue weighted by Gasteiger charge is 2.33. The van der Waals surface area contributed by atoms with Gasteiger partial charge < -0.3 is 14.5 Å². The third-order valence-corrected chi connectivity index (χ3v) is 7.68. The molecule has 0 aromatic carbocycles. The predicted molar refractivity (Wildman–Crippen MR) is 133 cm³/mol. The molecule has 0 unspecified atom stereocenters. The van der Waals surface area contributed by atoms with E-state index >= 15 is 0 Å². The molecule has 10 heteroatoms. The summed E-state index contributed by atoms with van der Waals surface area (Å²) in [6.45, 7) is 10.3. The molecule has 0 bridgehead atoms. The van der Waals surface area contributed by atoms with Crippen molar-refractivity contribution < 1.29 is 14.3 Å². The molecule has 5 heterocycles. The van der Waals surface area contributed by atoms with E-state index in [1.807, 2.05) is 21.7 Å². The molecule has 1 fully saturated rings. The molecule has 3 aromatic heterocycles. The number of rotatable bonds is 6. The molecule has 2 aliphatic rings. The van der Waals surface area contributed by atoms with Crippen molar-refractivity contribution in [3.63, 3.8) is 0 Å². The maximum Gasteiger partial charge on any atom is 0.274 e. The summed E-state index contributed by atoms with van der Waals surface area (Å²) in [5.74, 6) is 0.333. The fourth-order valence-corrected chi connectivity index (χ4v) is 5.45. The smallest absolute Gasteiger partial charge is 0.274 e. The van der Waals surface area contributed by atoms with Crippen LogP contribution < -0.4 is 0 Å². The Morgan fingerprint density at radius 3 is 2.66 bits per heavy atom. The van der Waals surface area contributed by atoms with Crippen molar-refractivity contribution >= 4 is 23.2 Å². The molecule has 0 atom stereocenters. The molecule has 9 nitrogen and oxygen atoms in total. The number of aryl methyl sites for hydroxylation is 2. The van der Waals surface area contributed by atoms with Crippen LogP contribution in [0.3, 0.4) is 0 Å². The first-order valence-corrected chi connectivity index (χ1v) is 13.1. The Morgan fingerprint density at radius 1 is 1.14 bits per heavy atom. The molecule has 0 aliphatic carbocycles. The minimum Gasteiger partial charge on any atom is -0.378 e. The number of carbonyl (C=O) groups is 2. The van der Waals surface area contributed by atoms with Crippen LogP contribution in [0.25, 0.3) is 10.6 Å². The van der Waals surface area contributed by atoms with Crippen LogP contribution in [0.4, 0.5) is 0 Å².